The van der Waals surface area contributed by atoms with Crippen LogP contribution in [0.3, 0.4) is 0 Å². The number of nitrogens with zero attached hydrogens (tertiary/aromatic N) is 1. The number of anilines is 3. The Labute approximate surface area is 242 Å². The number of aryl methyl sites for hydroxylation is 2. The first-order chi connectivity index (χ1) is 19.9. The highest BCUT2D eigenvalue weighted by atomic mass is 16.5. The monoisotopic (exact) mass is 535 g/mol. The first-order valence-electron chi connectivity index (χ1n) is 13.7. The lowest BCUT2D eigenvalue weighted by atomic mass is 9.95. The van der Waals surface area contributed by atoms with Crippen molar-refractivity contribution in [1.29, 1.82) is 0 Å². The van der Waals surface area contributed by atoms with Crippen molar-refractivity contribution in [2.45, 2.75) is 20.8 Å². The molecule has 0 atom stereocenters. The standard InChI is InChI=1S/C38H33NO2/c1-27(2)38(40)41-36-24-16-32(17-25-36)37(31-8-6-5-7-9-31)26-30-14-22-35(23-15-30)39(33-18-10-28(3)11-19-33)34-20-12-29(4)13-21-34/h5-26H,1H2,2-4H3/b37-26-. The van der Waals surface area contributed by atoms with Gasteiger partial charge in [0.25, 0.3) is 0 Å². The second-order valence-electron chi connectivity index (χ2n) is 10.2. The fraction of sp³-hybridized carbons (Fsp3) is 0.0789. The topological polar surface area (TPSA) is 29.5 Å². The molecule has 0 radical (unpaired) electrons. The lowest BCUT2D eigenvalue weighted by Gasteiger charge is -2.26. The van der Waals surface area contributed by atoms with Crippen LogP contribution in [0.15, 0.2) is 140 Å². The molecule has 5 aromatic carbocycles. The first-order valence-corrected chi connectivity index (χ1v) is 13.7. The zero-order valence-electron chi connectivity index (χ0n) is 23.7. The van der Waals surface area contributed by atoms with E-state index in [1.54, 1.807) is 6.92 Å². The Morgan fingerprint density at radius 1 is 0.634 bits per heavy atom. The van der Waals surface area contributed by atoms with Crippen LogP contribution in [0.5, 0.6) is 5.75 Å². The van der Waals surface area contributed by atoms with E-state index in [0.717, 1.165) is 39.3 Å². The van der Waals surface area contributed by atoms with Gasteiger partial charge in [0.15, 0.2) is 0 Å². The van der Waals surface area contributed by atoms with Crippen LogP contribution < -0.4 is 9.64 Å². The van der Waals surface area contributed by atoms with Gasteiger partial charge in [0.2, 0.25) is 0 Å². The Balaban J connectivity index is 1.50. The van der Waals surface area contributed by atoms with Crippen molar-refractivity contribution < 1.29 is 9.53 Å². The molecule has 202 valence electrons. The van der Waals surface area contributed by atoms with Crippen molar-refractivity contribution in [3.05, 3.63) is 167 Å². The molecule has 0 aliphatic rings. The van der Waals surface area contributed by atoms with E-state index in [9.17, 15) is 4.79 Å². The summed E-state index contributed by atoms with van der Waals surface area (Å²) in [7, 11) is 0. The molecule has 5 aromatic rings. The first kappa shape index (κ1) is 27.4. The molecule has 0 amide bonds. The van der Waals surface area contributed by atoms with E-state index in [2.05, 4.69) is 116 Å². The van der Waals surface area contributed by atoms with E-state index in [1.165, 1.54) is 11.1 Å². The largest absolute Gasteiger partial charge is 0.423 e. The van der Waals surface area contributed by atoms with Gasteiger partial charge in [0.1, 0.15) is 5.75 Å². The predicted molar refractivity (Wildman–Crippen MR) is 171 cm³/mol. The van der Waals surface area contributed by atoms with E-state index in [0.29, 0.717) is 11.3 Å². The fourth-order valence-corrected chi connectivity index (χ4v) is 4.57. The van der Waals surface area contributed by atoms with Gasteiger partial charge in [0, 0.05) is 22.6 Å². The predicted octanol–water partition coefficient (Wildman–Crippen LogP) is 9.84. The van der Waals surface area contributed by atoms with Crippen LogP contribution in [0, 0.1) is 13.8 Å². The molecule has 0 heterocycles. The third kappa shape index (κ3) is 6.71. The SMILES string of the molecule is C=C(C)C(=O)Oc1ccc(/C(=C\c2ccc(N(c3ccc(C)cc3)c3ccc(C)cc3)cc2)c2ccccc2)cc1. The summed E-state index contributed by atoms with van der Waals surface area (Å²) in [6, 6.07) is 43.7. The van der Waals surface area contributed by atoms with E-state index < -0.39 is 5.97 Å². The van der Waals surface area contributed by atoms with Crippen LogP contribution in [0.4, 0.5) is 17.1 Å². The third-order valence-electron chi connectivity index (χ3n) is 6.86. The number of carbonyl (C=O) groups is 1. The molecular formula is C38H33NO2. The van der Waals surface area contributed by atoms with Gasteiger partial charge < -0.3 is 9.64 Å². The maximum Gasteiger partial charge on any atom is 0.338 e. The second-order valence-corrected chi connectivity index (χ2v) is 10.2. The second kappa shape index (κ2) is 12.4. The number of carbonyl (C=O) groups excluding carboxylic acids is 1. The maximum atomic E-state index is 11.9. The minimum absolute atomic E-state index is 0.366. The van der Waals surface area contributed by atoms with E-state index in [1.807, 2.05) is 42.5 Å². The van der Waals surface area contributed by atoms with Gasteiger partial charge in [-0.2, -0.15) is 0 Å². The van der Waals surface area contributed by atoms with E-state index in [4.69, 9.17) is 4.74 Å². The Morgan fingerprint density at radius 2 is 1.10 bits per heavy atom. The van der Waals surface area contributed by atoms with Crippen molar-refractivity contribution in [2.75, 3.05) is 4.90 Å². The molecule has 0 spiro atoms. The van der Waals surface area contributed by atoms with Crippen molar-refractivity contribution in [2.24, 2.45) is 0 Å². The van der Waals surface area contributed by atoms with Crippen LogP contribution >= 0.6 is 0 Å². The van der Waals surface area contributed by atoms with Crippen LogP contribution in [0.1, 0.15) is 34.7 Å². The van der Waals surface area contributed by atoms with Gasteiger partial charge in [-0.3, -0.25) is 0 Å². The summed E-state index contributed by atoms with van der Waals surface area (Å²) in [5, 5.41) is 0. The molecule has 0 saturated heterocycles. The van der Waals surface area contributed by atoms with Crippen LogP contribution in [0.25, 0.3) is 11.6 Å². The van der Waals surface area contributed by atoms with Gasteiger partial charge in [-0.05, 0) is 97.6 Å². The van der Waals surface area contributed by atoms with Gasteiger partial charge in [0.05, 0.1) is 0 Å². The molecule has 0 bridgehead atoms. The van der Waals surface area contributed by atoms with Crippen molar-refractivity contribution in [1.82, 2.24) is 0 Å². The highest BCUT2D eigenvalue weighted by molar-refractivity contribution is 5.92. The number of ether oxygens (including phenoxy) is 1. The average molecular weight is 536 g/mol. The Kier molecular flexibility index (Phi) is 8.26. The quantitative estimate of drug-likeness (QED) is 0.0857. The van der Waals surface area contributed by atoms with E-state index >= 15 is 0 Å². The molecule has 0 aromatic heterocycles. The molecule has 0 aliphatic heterocycles. The zero-order valence-corrected chi connectivity index (χ0v) is 23.7. The normalized spacial score (nSPS) is 11.1. The van der Waals surface area contributed by atoms with E-state index in [-0.39, 0.29) is 0 Å². The van der Waals surface area contributed by atoms with Gasteiger partial charge in [-0.1, -0.05) is 96.6 Å². The van der Waals surface area contributed by atoms with Gasteiger partial charge >= 0.3 is 5.97 Å². The summed E-state index contributed by atoms with van der Waals surface area (Å²) in [5.41, 5.74) is 10.4. The highest BCUT2D eigenvalue weighted by Gasteiger charge is 2.13. The highest BCUT2D eigenvalue weighted by Crippen LogP contribution is 2.35. The van der Waals surface area contributed by atoms with Crippen molar-refractivity contribution in [3.8, 4) is 5.75 Å². The number of hydrogen-bond acceptors (Lipinski definition) is 3. The molecule has 0 fully saturated rings. The molecule has 0 saturated carbocycles. The lowest BCUT2D eigenvalue weighted by molar-refractivity contribution is -0.130. The van der Waals surface area contributed by atoms with Crippen LogP contribution in [-0.2, 0) is 4.79 Å². The zero-order chi connectivity index (χ0) is 28.8. The molecule has 0 unspecified atom stereocenters. The number of hydrogen-bond donors (Lipinski definition) is 0. The summed E-state index contributed by atoms with van der Waals surface area (Å²) in [5.74, 6) is 0.0628. The summed E-state index contributed by atoms with van der Waals surface area (Å²) in [4.78, 5) is 14.2. The summed E-state index contributed by atoms with van der Waals surface area (Å²) < 4.78 is 5.39. The molecular weight excluding hydrogens is 502 g/mol. The Morgan fingerprint density at radius 3 is 1.59 bits per heavy atom. The summed E-state index contributed by atoms with van der Waals surface area (Å²) in [6.07, 6.45) is 2.19. The minimum Gasteiger partial charge on any atom is -0.423 e. The van der Waals surface area contributed by atoms with Gasteiger partial charge in [-0.15, -0.1) is 0 Å². The summed E-state index contributed by atoms with van der Waals surface area (Å²) in [6.45, 7) is 9.50. The molecule has 0 N–H and O–H groups in total. The summed E-state index contributed by atoms with van der Waals surface area (Å²) >= 11 is 0. The number of esters is 1. The van der Waals surface area contributed by atoms with Crippen LogP contribution in [0.2, 0.25) is 0 Å². The Bertz CT molecular complexity index is 1620. The van der Waals surface area contributed by atoms with Gasteiger partial charge in [-0.25, -0.2) is 4.79 Å². The van der Waals surface area contributed by atoms with Crippen molar-refractivity contribution in [3.63, 3.8) is 0 Å². The van der Waals surface area contributed by atoms with Crippen LogP contribution in [-0.4, -0.2) is 5.97 Å². The minimum atomic E-state index is -0.429. The Hall–Kier alpha value is -5.15. The smallest absolute Gasteiger partial charge is 0.338 e. The molecule has 3 heteroatoms. The van der Waals surface area contributed by atoms with Crippen molar-refractivity contribution >= 4 is 34.7 Å². The third-order valence-corrected chi connectivity index (χ3v) is 6.86. The fourth-order valence-electron chi connectivity index (χ4n) is 4.57. The number of rotatable bonds is 8. The average Bonchev–Trinajstić information content (AvgIpc) is 2.99. The molecule has 5 rings (SSSR count). The molecule has 41 heavy (non-hydrogen) atoms. The lowest BCUT2D eigenvalue weighted by Crippen LogP contribution is -2.09. The molecule has 0 aliphatic carbocycles. The number of benzene rings is 5. The molecule has 3 nitrogen and oxygen atoms in total. The maximum absolute atomic E-state index is 11.9.